The van der Waals surface area contributed by atoms with Crippen molar-refractivity contribution in [3.05, 3.63) is 65.7 Å². The van der Waals surface area contributed by atoms with Crippen LogP contribution in [0.4, 0.5) is 0 Å². The average Bonchev–Trinajstić information content (AvgIpc) is 2.47. The van der Waals surface area contributed by atoms with Crippen LogP contribution >= 0.6 is 11.8 Å². The maximum Gasteiger partial charge on any atom is 0.162 e. The molecular formula is C17H18OS. The molecule has 0 fully saturated rings. The van der Waals surface area contributed by atoms with Crippen molar-refractivity contribution in [2.75, 3.05) is 0 Å². The smallest absolute Gasteiger partial charge is 0.162 e. The highest BCUT2D eigenvalue weighted by Crippen LogP contribution is 2.23. The van der Waals surface area contributed by atoms with Gasteiger partial charge in [0, 0.05) is 22.6 Å². The minimum absolute atomic E-state index is 0.238. The third-order valence-electron chi connectivity index (χ3n) is 2.90. The van der Waals surface area contributed by atoms with Gasteiger partial charge in [-0.15, -0.1) is 11.8 Å². The molecule has 1 nitrogen and oxygen atoms in total. The summed E-state index contributed by atoms with van der Waals surface area (Å²) in [5, 5.41) is 0. The van der Waals surface area contributed by atoms with Crippen LogP contribution in [0.3, 0.4) is 0 Å². The molecule has 0 aliphatic carbocycles. The van der Waals surface area contributed by atoms with E-state index >= 15 is 0 Å². The fourth-order valence-corrected chi connectivity index (χ4v) is 2.70. The van der Waals surface area contributed by atoms with Crippen molar-refractivity contribution in [3.8, 4) is 0 Å². The Kier molecular flexibility index (Phi) is 5.22. The fourth-order valence-electron chi connectivity index (χ4n) is 1.85. The van der Waals surface area contributed by atoms with Crippen molar-refractivity contribution in [2.24, 2.45) is 0 Å². The van der Waals surface area contributed by atoms with Crippen LogP contribution in [0.2, 0.25) is 0 Å². The normalized spacial score (nSPS) is 10.4. The van der Waals surface area contributed by atoms with E-state index in [0.717, 1.165) is 17.7 Å². The number of hydrogen-bond acceptors (Lipinski definition) is 2. The molecule has 0 saturated carbocycles. The molecule has 2 aromatic rings. The molecule has 0 aliphatic heterocycles. The Morgan fingerprint density at radius 1 is 1.00 bits per heavy atom. The number of hydrogen-bond donors (Lipinski definition) is 0. The van der Waals surface area contributed by atoms with E-state index in [-0.39, 0.29) is 5.78 Å². The lowest BCUT2D eigenvalue weighted by Crippen LogP contribution is -1.97. The molecule has 19 heavy (non-hydrogen) atoms. The lowest BCUT2D eigenvalue weighted by molar-refractivity contribution is 0.0981. The Labute approximate surface area is 119 Å². The van der Waals surface area contributed by atoms with Crippen molar-refractivity contribution < 1.29 is 4.79 Å². The van der Waals surface area contributed by atoms with E-state index < -0.39 is 0 Å². The van der Waals surface area contributed by atoms with Gasteiger partial charge in [-0.1, -0.05) is 49.4 Å². The number of benzene rings is 2. The fraction of sp³-hybridized carbons (Fsp3) is 0.235. The van der Waals surface area contributed by atoms with E-state index in [0.29, 0.717) is 6.42 Å². The topological polar surface area (TPSA) is 17.1 Å². The predicted molar refractivity (Wildman–Crippen MR) is 81.7 cm³/mol. The first-order valence-electron chi connectivity index (χ1n) is 6.59. The molecule has 2 rings (SSSR count). The first kappa shape index (κ1) is 13.9. The molecule has 0 aliphatic rings. The van der Waals surface area contributed by atoms with Crippen LogP contribution in [-0.4, -0.2) is 5.78 Å². The van der Waals surface area contributed by atoms with Crippen LogP contribution < -0.4 is 0 Å². The summed E-state index contributed by atoms with van der Waals surface area (Å²) in [4.78, 5) is 12.9. The van der Waals surface area contributed by atoms with Crippen molar-refractivity contribution in [1.29, 1.82) is 0 Å². The third-order valence-corrected chi connectivity index (χ3v) is 3.98. The third kappa shape index (κ3) is 4.25. The van der Waals surface area contributed by atoms with E-state index in [1.165, 1.54) is 10.5 Å². The van der Waals surface area contributed by atoms with Crippen LogP contribution in [0.25, 0.3) is 0 Å². The lowest BCUT2D eigenvalue weighted by Gasteiger charge is -2.04. The molecule has 0 saturated heterocycles. The van der Waals surface area contributed by atoms with Crippen molar-refractivity contribution in [2.45, 2.75) is 30.4 Å². The second kappa shape index (κ2) is 7.15. The Hall–Kier alpha value is -1.54. The summed E-state index contributed by atoms with van der Waals surface area (Å²) in [5.41, 5.74) is 2.14. The molecule has 0 N–H and O–H groups in total. The Balaban J connectivity index is 1.94. The quantitative estimate of drug-likeness (QED) is 0.545. The van der Waals surface area contributed by atoms with Gasteiger partial charge < -0.3 is 0 Å². The number of Topliss-reactive ketones (excluding diaryl/α,β-unsaturated/α-hetero) is 1. The van der Waals surface area contributed by atoms with Gasteiger partial charge in [0.05, 0.1) is 0 Å². The molecule has 0 aromatic heterocycles. The van der Waals surface area contributed by atoms with Crippen molar-refractivity contribution in [3.63, 3.8) is 0 Å². The molecule has 0 heterocycles. The standard InChI is InChI=1S/C17H18OS/c1-2-6-17(18)15-9-11-16(12-10-15)19-13-14-7-4-3-5-8-14/h3-5,7-12H,2,6,13H2,1H3. The van der Waals surface area contributed by atoms with E-state index in [2.05, 4.69) is 24.3 Å². The summed E-state index contributed by atoms with van der Waals surface area (Å²) >= 11 is 1.80. The molecule has 98 valence electrons. The molecular weight excluding hydrogens is 252 g/mol. The van der Waals surface area contributed by atoms with E-state index in [4.69, 9.17) is 0 Å². The lowest BCUT2D eigenvalue weighted by atomic mass is 10.1. The zero-order chi connectivity index (χ0) is 13.5. The highest BCUT2D eigenvalue weighted by molar-refractivity contribution is 7.98. The van der Waals surface area contributed by atoms with Gasteiger partial charge in [-0.05, 0) is 24.1 Å². The second-order valence-corrected chi connectivity index (χ2v) is 5.52. The summed E-state index contributed by atoms with van der Waals surface area (Å²) in [6, 6.07) is 18.4. The minimum Gasteiger partial charge on any atom is -0.294 e. The van der Waals surface area contributed by atoms with Gasteiger partial charge in [-0.25, -0.2) is 0 Å². The van der Waals surface area contributed by atoms with Gasteiger partial charge in [-0.2, -0.15) is 0 Å². The highest BCUT2D eigenvalue weighted by Gasteiger charge is 2.04. The maximum absolute atomic E-state index is 11.7. The molecule has 0 atom stereocenters. The van der Waals surface area contributed by atoms with Crippen LogP contribution in [-0.2, 0) is 5.75 Å². The van der Waals surface area contributed by atoms with Crippen LogP contribution in [0.15, 0.2) is 59.5 Å². The largest absolute Gasteiger partial charge is 0.294 e. The average molecular weight is 270 g/mol. The summed E-state index contributed by atoms with van der Waals surface area (Å²) in [6.45, 7) is 2.03. The molecule has 0 bridgehead atoms. The van der Waals surface area contributed by atoms with E-state index in [1.54, 1.807) is 11.8 Å². The number of carbonyl (C=O) groups excluding carboxylic acids is 1. The van der Waals surface area contributed by atoms with Gasteiger partial charge in [0.1, 0.15) is 0 Å². The van der Waals surface area contributed by atoms with Gasteiger partial charge in [0.2, 0.25) is 0 Å². The molecule has 0 amide bonds. The zero-order valence-corrected chi connectivity index (χ0v) is 12.0. The summed E-state index contributed by atoms with van der Waals surface area (Å²) in [7, 11) is 0. The number of thioether (sulfide) groups is 1. The zero-order valence-electron chi connectivity index (χ0n) is 11.1. The Morgan fingerprint density at radius 2 is 1.68 bits per heavy atom. The second-order valence-electron chi connectivity index (χ2n) is 4.47. The van der Waals surface area contributed by atoms with Gasteiger partial charge in [0.25, 0.3) is 0 Å². The van der Waals surface area contributed by atoms with Crippen molar-refractivity contribution >= 4 is 17.5 Å². The molecule has 2 aromatic carbocycles. The van der Waals surface area contributed by atoms with E-state index in [1.807, 2.05) is 37.3 Å². The summed E-state index contributed by atoms with van der Waals surface area (Å²) in [6.07, 6.45) is 1.54. The van der Waals surface area contributed by atoms with E-state index in [9.17, 15) is 4.79 Å². The van der Waals surface area contributed by atoms with Crippen LogP contribution in [0, 0.1) is 0 Å². The van der Waals surface area contributed by atoms with Gasteiger partial charge in [0.15, 0.2) is 5.78 Å². The molecule has 2 heteroatoms. The van der Waals surface area contributed by atoms with Gasteiger partial charge >= 0.3 is 0 Å². The first-order valence-corrected chi connectivity index (χ1v) is 7.58. The molecule has 0 unspecified atom stereocenters. The number of ketones is 1. The van der Waals surface area contributed by atoms with Gasteiger partial charge in [-0.3, -0.25) is 4.79 Å². The molecule has 0 radical (unpaired) electrons. The summed E-state index contributed by atoms with van der Waals surface area (Å²) < 4.78 is 0. The predicted octanol–water partition coefficient (Wildman–Crippen LogP) is 4.96. The van der Waals surface area contributed by atoms with Crippen LogP contribution in [0.5, 0.6) is 0 Å². The number of carbonyl (C=O) groups is 1. The first-order chi connectivity index (χ1) is 9.29. The monoisotopic (exact) mass is 270 g/mol. The Morgan fingerprint density at radius 3 is 2.32 bits per heavy atom. The summed E-state index contributed by atoms with van der Waals surface area (Å²) in [5.74, 6) is 1.20. The molecule has 0 spiro atoms. The Bertz CT molecular complexity index is 517. The number of rotatable bonds is 6. The van der Waals surface area contributed by atoms with Crippen molar-refractivity contribution in [1.82, 2.24) is 0 Å². The SMILES string of the molecule is CCCC(=O)c1ccc(SCc2ccccc2)cc1. The maximum atomic E-state index is 11.7. The minimum atomic E-state index is 0.238. The highest BCUT2D eigenvalue weighted by atomic mass is 32.2. The van der Waals surface area contributed by atoms with Crippen LogP contribution in [0.1, 0.15) is 35.7 Å².